The smallest absolute Gasteiger partial charge is 0.326 e. The van der Waals surface area contributed by atoms with E-state index in [1.807, 2.05) is 184 Å². The summed E-state index contributed by atoms with van der Waals surface area (Å²) in [5.74, 6) is -0.00250. The molecule has 48 heavy (non-hydrogen) atoms. The van der Waals surface area contributed by atoms with Crippen LogP contribution in [0.4, 0.5) is 0 Å². The van der Waals surface area contributed by atoms with E-state index in [1.54, 1.807) is 0 Å². The maximum Gasteiger partial charge on any atom is 0.326 e. The Bertz CT molecular complexity index is 1930. The van der Waals surface area contributed by atoms with E-state index >= 15 is 0 Å². The molecule has 0 spiro atoms. The molecule has 0 heterocycles. The van der Waals surface area contributed by atoms with Gasteiger partial charge in [0.25, 0.3) is 0 Å². The van der Waals surface area contributed by atoms with E-state index in [2.05, 4.69) is 0 Å². The minimum Gasteiger partial charge on any atom is -0.424 e. The van der Waals surface area contributed by atoms with Gasteiger partial charge in [0, 0.05) is 21.5 Å². The topological polar surface area (TPSA) is 52.6 Å². The number of rotatable bonds is 8. The van der Waals surface area contributed by atoms with Crippen molar-refractivity contribution in [3.8, 4) is 11.5 Å². The minimum absolute atomic E-state index is 0.415. The molecule has 7 rings (SSSR count). The molecule has 0 unspecified atom stereocenters. The highest BCUT2D eigenvalue weighted by atomic mass is 16.5. The molecule has 7 aromatic rings. The summed E-state index contributed by atoms with van der Waals surface area (Å²) in [4.78, 5) is 29.0. The Morgan fingerprint density at radius 2 is 0.562 bits per heavy atom. The van der Waals surface area contributed by atoms with Gasteiger partial charge in [-0.05, 0) is 36.1 Å². The van der Waals surface area contributed by atoms with Crippen molar-refractivity contribution in [1.82, 2.24) is 0 Å². The highest BCUT2D eigenvalue weighted by molar-refractivity contribution is 6.13. The van der Waals surface area contributed by atoms with Crippen LogP contribution >= 0.6 is 0 Å². The van der Waals surface area contributed by atoms with Gasteiger partial charge in [-0.3, -0.25) is 9.59 Å². The number of benzene rings is 7. The van der Waals surface area contributed by atoms with Crippen LogP contribution in [0.5, 0.6) is 11.5 Å². The average Bonchev–Trinajstić information content (AvgIpc) is 3.16. The molecule has 0 amide bonds. The van der Waals surface area contributed by atoms with Gasteiger partial charge < -0.3 is 9.47 Å². The van der Waals surface area contributed by atoms with Crippen molar-refractivity contribution in [3.05, 3.63) is 192 Å². The molecule has 0 aromatic heterocycles. The van der Waals surface area contributed by atoms with E-state index in [9.17, 15) is 9.59 Å². The van der Waals surface area contributed by atoms with Gasteiger partial charge in [-0.1, -0.05) is 170 Å². The molecule has 0 aliphatic carbocycles. The third-order valence-electron chi connectivity index (χ3n) is 9.44. The molecule has 4 nitrogen and oxygen atoms in total. The first-order valence-corrected chi connectivity index (χ1v) is 16.0. The number of ether oxygens (including phenoxy) is 2. The lowest BCUT2D eigenvalue weighted by Crippen LogP contribution is -2.38. The van der Waals surface area contributed by atoms with Crippen LogP contribution < -0.4 is 9.47 Å². The molecule has 0 radical (unpaired) electrons. The fourth-order valence-corrected chi connectivity index (χ4v) is 6.55. The Kier molecular flexibility index (Phi) is 8.08. The zero-order valence-electron chi connectivity index (χ0n) is 26.8. The van der Waals surface area contributed by atoms with Gasteiger partial charge >= 0.3 is 11.9 Å². The average molecular weight is 627 g/mol. The first-order valence-electron chi connectivity index (χ1n) is 16.0. The predicted molar refractivity (Wildman–Crippen MR) is 191 cm³/mol. The number of hydrogen-bond donors (Lipinski definition) is 0. The lowest BCUT2D eigenvalue weighted by molar-refractivity contribution is -0.139. The lowest BCUT2D eigenvalue weighted by Gasteiger charge is -2.30. The highest BCUT2D eigenvalue weighted by Gasteiger charge is 2.41. The normalized spacial score (nSPS) is 11.7. The summed E-state index contributed by atoms with van der Waals surface area (Å²) in [6, 6.07) is 53.9. The third-order valence-corrected chi connectivity index (χ3v) is 9.44. The Morgan fingerprint density at radius 3 is 0.792 bits per heavy atom. The van der Waals surface area contributed by atoms with Gasteiger partial charge in [0.05, 0.1) is 0 Å². The van der Waals surface area contributed by atoms with Crippen LogP contribution in [0.2, 0.25) is 0 Å². The fraction of sp³-hybridized carbons (Fsp3) is 0.0909. The standard InChI is InChI=1S/C44H34O4/c1-43(31-19-7-3-8-20-31,32-21-9-4-10-22-32)41(45)47-39-35-27-15-17-29-37(35)40(38-30-18-16-28-36(38)39)48-42(46)44(2,33-23-11-5-12-24-33)34-25-13-6-14-26-34/h3-30H,1-2H3. The fourth-order valence-electron chi connectivity index (χ4n) is 6.55. The molecule has 4 heteroatoms. The first kappa shape index (κ1) is 30.6. The first-order chi connectivity index (χ1) is 23.4. The van der Waals surface area contributed by atoms with Crippen LogP contribution in [0.3, 0.4) is 0 Å². The van der Waals surface area contributed by atoms with Gasteiger partial charge in [-0.15, -0.1) is 0 Å². The Morgan fingerprint density at radius 1 is 0.354 bits per heavy atom. The van der Waals surface area contributed by atoms with Crippen molar-refractivity contribution in [2.24, 2.45) is 0 Å². The number of esters is 2. The monoisotopic (exact) mass is 626 g/mol. The van der Waals surface area contributed by atoms with Crippen LogP contribution in [-0.4, -0.2) is 11.9 Å². The molecular weight excluding hydrogens is 592 g/mol. The second-order valence-electron chi connectivity index (χ2n) is 12.2. The molecule has 0 N–H and O–H groups in total. The summed E-state index contributed by atoms with van der Waals surface area (Å²) in [7, 11) is 0. The Balaban J connectivity index is 1.37. The number of carbonyl (C=O) groups is 2. The zero-order chi connectivity index (χ0) is 33.1. The van der Waals surface area contributed by atoms with Crippen LogP contribution in [0, 0.1) is 0 Å². The van der Waals surface area contributed by atoms with Gasteiger partial charge in [-0.2, -0.15) is 0 Å². The predicted octanol–water partition coefficient (Wildman–Crippen LogP) is 9.82. The number of hydrogen-bond acceptors (Lipinski definition) is 4. The summed E-state index contributed by atoms with van der Waals surface area (Å²) >= 11 is 0. The van der Waals surface area contributed by atoms with Gasteiger partial charge in [0.2, 0.25) is 0 Å². The lowest BCUT2D eigenvalue weighted by atomic mass is 9.76. The quantitative estimate of drug-likeness (QED) is 0.0957. The maximum atomic E-state index is 14.5. The number of fused-ring (bicyclic) bond motifs is 2. The van der Waals surface area contributed by atoms with E-state index in [0.29, 0.717) is 33.0 Å². The van der Waals surface area contributed by atoms with Crippen LogP contribution in [-0.2, 0) is 20.4 Å². The Hall–Kier alpha value is -6.00. The molecule has 0 saturated carbocycles. The minimum atomic E-state index is -1.09. The number of carbonyl (C=O) groups excluding carboxylic acids is 2. The molecule has 0 saturated heterocycles. The van der Waals surface area contributed by atoms with Crippen molar-refractivity contribution >= 4 is 33.5 Å². The SMILES string of the molecule is CC(C(=O)Oc1c2ccccc2c(OC(=O)C(C)(c2ccccc2)c2ccccc2)c2ccccc12)(c1ccccc1)c1ccccc1. The van der Waals surface area contributed by atoms with E-state index in [-0.39, 0.29) is 0 Å². The van der Waals surface area contributed by atoms with Crippen molar-refractivity contribution in [1.29, 1.82) is 0 Å². The van der Waals surface area contributed by atoms with Gasteiger partial charge in [0.15, 0.2) is 0 Å². The molecule has 0 aliphatic heterocycles. The second-order valence-corrected chi connectivity index (χ2v) is 12.2. The van der Waals surface area contributed by atoms with Crippen molar-refractivity contribution in [2.75, 3.05) is 0 Å². The molecular formula is C44H34O4. The van der Waals surface area contributed by atoms with Gasteiger partial charge in [-0.25, -0.2) is 0 Å². The van der Waals surface area contributed by atoms with Crippen LogP contribution in [0.1, 0.15) is 36.1 Å². The van der Waals surface area contributed by atoms with Crippen molar-refractivity contribution in [2.45, 2.75) is 24.7 Å². The van der Waals surface area contributed by atoms with E-state index < -0.39 is 22.8 Å². The molecule has 7 aromatic carbocycles. The summed E-state index contributed by atoms with van der Waals surface area (Å²) < 4.78 is 13.0. The van der Waals surface area contributed by atoms with Crippen LogP contribution in [0.15, 0.2) is 170 Å². The van der Waals surface area contributed by atoms with Crippen LogP contribution in [0.25, 0.3) is 21.5 Å². The molecule has 0 aliphatic rings. The zero-order valence-corrected chi connectivity index (χ0v) is 26.8. The Labute approximate surface area is 280 Å². The van der Waals surface area contributed by atoms with E-state index in [1.165, 1.54) is 0 Å². The van der Waals surface area contributed by atoms with Gasteiger partial charge in [0.1, 0.15) is 22.3 Å². The molecule has 234 valence electrons. The molecule has 0 fully saturated rings. The summed E-state index contributed by atoms with van der Waals surface area (Å²) in [6.07, 6.45) is 0. The molecule has 0 bridgehead atoms. The summed E-state index contributed by atoms with van der Waals surface area (Å²) in [5, 5.41) is 2.66. The second kappa shape index (κ2) is 12.7. The largest absolute Gasteiger partial charge is 0.424 e. The molecule has 0 atom stereocenters. The highest BCUT2D eigenvalue weighted by Crippen LogP contribution is 2.45. The van der Waals surface area contributed by atoms with E-state index in [0.717, 1.165) is 22.3 Å². The van der Waals surface area contributed by atoms with E-state index in [4.69, 9.17) is 9.47 Å². The summed E-state index contributed by atoms with van der Waals surface area (Å²) in [5.41, 5.74) is 1.09. The third kappa shape index (κ3) is 5.22. The van der Waals surface area contributed by atoms with Crippen molar-refractivity contribution < 1.29 is 19.1 Å². The maximum absolute atomic E-state index is 14.5. The summed E-state index contributed by atoms with van der Waals surface area (Å²) in [6.45, 7) is 3.79. The van der Waals surface area contributed by atoms with Crippen molar-refractivity contribution in [3.63, 3.8) is 0 Å².